The van der Waals surface area contributed by atoms with Crippen LogP contribution in [0.3, 0.4) is 0 Å². The lowest BCUT2D eigenvalue weighted by Gasteiger charge is -2.19. The van der Waals surface area contributed by atoms with Crippen molar-refractivity contribution >= 4 is 21.6 Å². The molecule has 34 heavy (non-hydrogen) atoms. The highest BCUT2D eigenvalue weighted by molar-refractivity contribution is 7.89. The SMILES string of the molecule is Cn1cnc(S(=O)(=O)N2CC(C(=O)Nc3cccc(C(F)(F)F)c3)C(c3ccc(F)cc3)C2)c1. The molecule has 1 aliphatic rings. The van der Waals surface area contributed by atoms with Crippen molar-refractivity contribution in [2.45, 2.75) is 17.1 Å². The van der Waals surface area contributed by atoms with Crippen molar-refractivity contribution in [3.8, 4) is 0 Å². The Bertz CT molecular complexity index is 1310. The fraction of sp³-hybridized carbons (Fsp3) is 0.273. The first-order valence-electron chi connectivity index (χ1n) is 10.2. The first kappa shape index (κ1) is 23.9. The molecule has 0 radical (unpaired) electrons. The summed E-state index contributed by atoms with van der Waals surface area (Å²) in [4.78, 5) is 17.0. The minimum absolute atomic E-state index is 0.0660. The van der Waals surface area contributed by atoms with Crippen molar-refractivity contribution in [3.05, 3.63) is 78.0 Å². The quantitative estimate of drug-likeness (QED) is 0.547. The molecule has 1 aliphatic heterocycles. The van der Waals surface area contributed by atoms with Crippen LogP contribution in [0.5, 0.6) is 0 Å². The van der Waals surface area contributed by atoms with Crippen molar-refractivity contribution in [2.24, 2.45) is 13.0 Å². The van der Waals surface area contributed by atoms with E-state index in [0.29, 0.717) is 5.56 Å². The number of nitrogens with one attached hydrogen (secondary N) is 1. The Labute approximate surface area is 193 Å². The zero-order valence-corrected chi connectivity index (χ0v) is 18.6. The fourth-order valence-corrected chi connectivity index (χ4v) is 5.40. The third-order valence-corrected chi connectivity index (χ3v) is 7.38. The molecule has 1 N–H and O–H groups in total. The van der Waals surface area contributed by atoms with Crippen LogP contribution in [0.25, 0.3) is 0 Å². The number of alkyl halides is 3. The highest BCUT2D eigenvalue weighted by Gasteiger charge is 2.44. The number of rotatable bonds is 5. The smallest absolute Gasteiger partial charge is 0.339 e. The summed E-state index contributed by atoms with van der Waals surface area (Å²) in [6.07, 6.45) is -1.92. The first-order valence-corrected chi connectivity index (χ1v) is 11.6. The third-order valence-electron chi connectivity index (χ3n) is 5.66. The second kappa shape index (κ2) is 8.84. The van der Waals surface area contributed by atoms with Gasteiger partial charge in [0.25, 0.3) is 10.0 Å². The van der Waals surface area contributed by atoms with Gasteiger partial charge in [0, 0.05) is 37.9 Å². The molecule has 12 heteroatoms. The molecular weight excluding hydrogens is 476 g/mol. The molecule has 1 aromatic heterocycles. The highest BCUT2D eigenvalue weighted by Crippen LogP contribution is 2.37. The van der Waals surface area contributed by atoms with E-state index >= 15 is 0 Å². The summed E-state index contributed by atoms with van der Waals surface area (Å²) in [6, 6.07) is 9.50. The van der Waals surface area contributed by atoms with E-state index in [4.69, 9.17) is 0 Å². The van der Waals surface area contributed by atoms with E-state index in [2.05, 4.69) is 10.3 Å². The Hall–Kier alpha value is -3.25. The van der Waals surface area contributed by atoms with E-state index in [-0.39, 0.29) is 23.8 Å². The largest absolute Gasteiger partial charge is 0.416 e. The lowest BCUT2D eigenvalue weighted by Crippen LogP contribution is -2.32. The summed E-state index contributed by atoms with van der Waals surface area (Å²) in [5.74, 6) is -2.72. The maximum absolute atomic E-state index is 13.5. The van der Waals surface area contributed by atoms with Gasteiger partial charge in [-0.25, -0.2) is 17.8 Å². The Balaban J connectivity index is 1.64. The van der Waals surface area contributed by atoms with Gasteiger partial charge in [0.05, 0.1) is 17.8 Å². The van der Waals surface area contributed by atoms with Crippen LogP contribution in [0.15, 0.2) is 66.1 Å². The van der Waals surface area contributed by atoms with Crippen molar-refractivity contribution < 1.29 is 30.8 Å². The van der Waals surface area contributed by atoms with Crippen LogP contribution < -0.4 is 5.32 Å². The van der Waals surface area contributed by atoms with Crippen molar-refractivity contribution in [1.82, 2.24) is 13.9 Å². The number of anilines is 1. The number of halogens is 4. The van der Waals surface area contributed by atoms with E-state index in [0.717, 1.165) is 16.4 Å². The topological polar surface area (TPSA) is 84.3 Å². The summed E-state index contributed by atoms with van der Waals surface area (Å²) < 4.78 is 81.4. The number of amides is 1. The monoisotopic (exact) mass is 496 g/mol. The molecule has 4 rings (SSSR count). The molecule has 0 bridgehead atoms. The summed E-state index contributed by atoms with van der Waals surface area (Å²) in [5.41, 5.74) is -0.459. The van der Waals surface area contributed by atoms with Crippen LogP contribution in [0, 0.1) is 11.7 Å². The molecule has 1 saturated heterocycles. The van der Waals surface area contributed by atoms with Gasteiger partial charge >= 0.3 is 6.18 Å². The van der Waals surface area contributed by atoms with Gasteiger partial charge in [0.1, 0.15) is 5.82 Å². The molecule has 2 aromatic carbocycles. The Kier molecular flexibility index (Phi) is 6.21. The molecule has 2 heterocycles. The van der Waals surface area contributed by atoms with Gasteiger partial charge < -0.3 is 9.88 Å². The standard InChI is InChI=1S/C22H20F4N4O3S/c1-29-12-20(27-13-29)34(32,33)30-10-18(14-5-7-16(23)8-6-14)19(11-30)21(31)28-17-4-2-3-15(9-17)22(24,25)26/h2-9,12-13,18-19H,10-11H2,1H3,(H,28,31). The van der Waals surface area contributed by atoms with Crippen LogP contribution in [0.2, 0.25) is 0 Å². The predicted molar refractivity (Wildman–Crippen MR) is 115 cm³/mol. The number of carbonyl (C=O) groups excluding carboxylic acids is 1. The van der Waals surface area contributed by atoms with E-state index in [9.17, 15) is 30.8 Å². The molecule has 0 saturated carbocycles. The number of aryl methyl sites for hydroxylation is 1. The third kappa shape index (κ3) is 4.82. The van der Waals surface area contributed by atoms with Crippen molar-refractivity contribution in [1.29, 1.82) is 0 Å². The van der Waals surface area contributed by atoms with E-state index in [1.807, 2.05) is 0 Å². The highest BCUT2D eigenvalue weighted by atomic mass is 32.2. The summed E-state index contributed by atoms with van der Waals surface area (Å²) in [5, 5.41) is 2.28. The number of hydrogen-bond donors (Lipinski definition) is 1. The van der Waals surface area contributed by atoms with Gasteiger partial charge in [-0.15, -0.1) is 0 Å². The average Bonchev–Trinajstić information content (AvgIpc) is 3.41. The average molecular weight is 496 g/mol. The molecule has 0 spiro atoms. The number of imidazole rings is 1. The molecule has 0 aliphatic carbocycles. The van der Waals surface area contributed by atoms with Crippen LogP contribution in [0.4, 0.5) is 23.2 Å². The van der Waals surface area contributed by atoms with E-state index in [1.54, 1.807) is 7.05 Å². The first-order chi connectivity index (χ1) is 15.9. The van der Waals surface area contributed by atoms with Gasteiger partial charge in [-0.3, -0.25) is 4.79 Å². The van der Waals surface area contributed by atoms with Crippen LogP contribution in [-0.2, 0) is 28.0 Å². The van der Waals surface area contributed by atoms with Gasteiger partial charge in [0.15, 0.2) is 5.03 Å². The Morgan fingerprint density at radius 2 is 1.82 bits per heavy atom. The van der Waals surface area contributed by atoms with Gasteiger partial charge in [-0.05, 0) is 35.9 Å². The molecular formula is C22H20F4N4O3S. The molecule has 7 nitrogen and oxygen atoms in total. The van der Waals surface area contributed by atoms with Crippen molar-refractivity contribution in [3.63, 3.8) is 0 Å². The minimum Gasteiger partial charge on any atom is -0.339 e. The van der Waals surface area contributed by atoms with Crippen LogP contribution in [0.1, 0.15) is 17.0 Å². The molecule has 2 atom stereocenters. The van der Waals surface area contributed by atoms with E-state index in [1.165, 1.54) is 53.5 Å². The van der Waals surface area contributed by atoms with Crippen LogP contribution in [-0.4, -0.2) is 41.3 Å². The summed E-state index contributed by atoms with van der Waals surface area (Å²) in [7, 11) is -2.42. The zero-order valence-electron chi connectivity index (χ0n) is 17.8. The molecule has 3 aromatic rings. The molecule has 180 valence electrons. The maximum atomic E-state index is 13.5. The number of sulfonamides is 1. The number of benzene rings is 2. The summed E-state index contributed by atoms with van der Waals surface area (Å²) in [6.45, 7) is -0.295. The second-order valence-electron chi connectivity index (χ2n) is 8.03. The predicted octanol–water partition coefficient (Wildman–Crippen LogP) is 3.62. The zero-order chi connectivity index (χ0) is 24.7. The van der Waals surface area contributed by atoms with Gasteiger partial charge in [-0.1, -0.05) is 18.2 Å². The number of carbonyl (C=O) groups is 1. The van der Waals surface area contributed by atoms with Crippen molar-refractivity contribution in [2.75, 3.05) is 18.4 Å². The van der Waals surface area contributed by atoms with Gasteiger partial charge in [0.2, 0.25) is 5.91 Å². The molecule has 2 unspecified atom stereocenters. The lowest BCUT2D eigenvalue weighted by molar-refractivity contribution is -0.137. The maximum Gasteiger partial charge on any atom is 0.416 e. The normalized spacial score (nSPS) is 19.3. The Morgan fingerprint density at radius 3 is 2.44 bits per heavy atom. The fourth-order valence-electron chi connectivity index (χ4n) is 3.94. The summed E-state index contributed by atoms with van der Waals surface area (Å²) >= 11 is 0. The van der Waals surface area contributed by atoms with E-state index < -0.39 is 45.3 Å². The molecule has 1 amide bonds. The van der Waals surface area contributed by atoms with Crippen LogP contribution >= 0.6 is 0 Å². The lowest BCUT2D eigenvalue weighted by atomic mass is 9.88. The number of nitrogens with zero attached hydrogens (tertiary/aromatic N) is 3. The number of aromatic nitrogens is 2. The molecule has 1 fully saturated rings. The minimum atomic E-state index is -4.59. The second-order valence-corrected chi connectivity index (χ2v) is 9.92. The Morgan fingerprint density at radius 1 is 1.12 bits per heavy atom. The van der Waals surface area contributed by atoms with Gasteiger partial charge in [-0.2, -0.15) is 17.5 Å². The number of hydrogen-bond acceptors (Lipinski definition) is 4.